The first-order chi connectivity index (χ1) is 8.19. The fraction of sp³-hybridized carbons (Fsp3) is 0.538. The van der Waals surface area contributed by atoms with Crippen molar-refractivity contribution in [3.63, 3.8) is 0 Å². The molecule has 0 saturated carbocycles. The van der Waals surface area contributed by atoms with E-state index in [9.17, 15) is 0 Å². The molecule has 0 heterocycles. The normalized spacial score (nSPS) is 12.3. The zero-order valence-corrected chi connectivity index (χ0v) is 11.8. The van der Waals surface area contributed by atoms with E-state index in [1.807, 2.05) is 12.1 Å². The Kier molecular flexibility index (Phi) is 5.65. The Balaban J connectivity index is 3.29. The summed E-state index contributed by atoms with van der Waals surface area (Å²) in [6.45, 7) is 2.85. The van der Waals surface area contributed by atoms with E-state index in [2.05, 4.69) is 13.2 Å². The Morgan fingerprint density at radius 2 is 1.82 bits per heavy atom. The van der Waals surface area contributed by atoms with E-state index < -0.39 is 0 Å². The summed E-state index contributed by atoms with van der Waals surface area (Å²) in [6.07, 6.45) is 2.99. The number of nitrogens with two attached hydrogens (primary N) is 1. The van der Waals surface area contributed by atoms with Gasteiger partial charge in [0.2, 0.25) is 0 Å². The van der Waals surface area contributed by atoms with Crippen LogP contribution in [-0.4, -0.2) is 27.0 Å². The van der Waals surface area contributed by atoms with Crippen LogP contribution < -0.4 is 15.2 Å². The topological polar surface area (TPSA) is 44.5 Å². The van der Waals surface area contributed by atoms with Gasteiger partial charge in [0.05, 0.1) is 19.1 Å². The molecular weight excluding hydrogens is 234 g/mol. The number of hydrogen-bond acceptors (Lipinski definition) is 4. The Hall–Kier alpha value is -0.870. The Bertz CT molecular complexity index is 369. The molecule has 0 aromatic heterocycles. The van der Waals surface area contributed by atoms with Crippen molar-refractivity contribution in [1.82, 2.24) is 0 Å². The van der Waals surface area contributed by atoms with Gasteiger partial charge in [-0.15, -0.1) is 11.8 Å². The lowest BCUT2D eigenvalue weighted by Gasteiger charge is -2.20. The van der Waals surface area contributed by atoms with Crippen molar-refractivity contribution in [2.75, 3.05) is 27.0 Å². The van der Waals surface area contributed by atoms with Gasteiger partial charge in [0.15, 0.2) is 0 Å². The standard InChI is InChI=1S/C13H21NO2S/c1-9(7-8-14)12-10(15-2)5-6-11(16-3)13(12)17-4/h5-6,9H,7-8,14H2,1-4H3. The second kappa shape index (κ2) is 6.77. The van der Waals surface area contributed by atoms with Crippen LogP contribution in [0.4, 0.5) is 0 Å². The predicted octanol–water partition coefficient (Wildman–Crippen LogP) is 2.88. The molecular formula is C13H21NO2S. The summed E-state index contributed by atoms with van der Waals surface area (Å²) in [5, 5.41) is 0. The quantitative estimate of drug-likeness (QED) is 0.794. The first-order valence-electron chi connectivity index (χ1n) is 5.68. The van der Waals surface area contributed by atoms with Gasteiger partial charge in [0.1, 0.15) is 11.5 Å². The molecule has 0 aliphatic carbocycles. The Labute approximate surface area is 108 Å². The SMILES string of the molecule is COc1ccc(OC)c(C(C)CCN)c1SC. The minimum atomic E-state index is 0.368. The van der Waals surface area contributed by atoms with Crippen molar-refractivity contribution < 1.29 is 9.47 Å². The molecule has 0 bridgehead atoms. The average Bonchev–Trinajstić information content (AvgIpc) is 2.36. The van der Waals surface area contributed by atoms with E-state index in [1.165, 1.54) is 5.56 Å². The van der Waals surface area contributed by atoms with E-state index in [4.69, 9.17) is 15.2 Å². The highest BCUT2D eigenvalue weighted by Gasteiger charge is 2.19. The fourth-order valence-electron chi connectivity index (χ4n) is 1.97. The van der Waals surface area contributed by atoms with Crippen molar-refractivity contribution in [3.05, 3.63) is 17.7 Å². The molecule has 1 atom stereocenters. The lowest BCUT2D eigenvalue weighted by molar-refractivity contribution is 0.385. The maximum Gasteiger partial charge on any atom is 0.132 e. The van der Waals surface area contributed by atoms with Gasteiger partial charge >= 0.3 is 0 Å². The monoisotopic (exact) mass is 255 g/mol. The molecule has 1 aromatic rings. The van der Waals surface area contributed by atoms with Crippen LogP contribution in [0.2, 0.25) is 0 Å². The first kappa shape index (κ1) is 14.2. The van der Waals surface area contributed by atoms with E-state index in [0.29, 0.717) is 12.5 Å². The van der Waals surface area contributed by atoms with Crippen molar-refractivity contribution >= 4 is 11.8 Å². The highest BCUT2D eigenvalue weighted by atomic mass is 32.2. The highest BCUT2D eigenvalue weighted by Crippen LogP contribution is 2.41. The lowest BCUT2D eigenvalue weighted by atomic mass is 9.96. The molecule has 0 amide bonds. The zero-order chi connectivity index (χ0) is 12.8. The number of rotatable bonds is 6. The van der Waals surface area contributed by atoms with Gasteiger partial charge in [0.25, 0.3) is 0 Å². The number of thioether (sulfide) groups is 1. The van der Waals surface area contributed by atoms with Gasteiger partial charge in [-0.1, -0.05) is 6.92 Å². The summed E-state index contributed by atoms with van der Waals surface area (Å²) >= 11 is 1.68. The number of hydrogen-bond donors (Lipinski definition) is 1. The molecule has 1 rings (SSSR count). The van der Waals surface area contributed by atoms with Crippen molar-refractivity contribution in [1.29, 1.82) is 0 Å². The summed E-state index contributed by atoms with van der Waals surface area (Å²) in [5.74, 6) is 2.18. The van der Waals surface area contributed by atoms with Crippen LogP contribution in [0.3, 0.4) is 0 Å². The molecule has 0 aliphatic heterocycles. The molecule has 0 saturated heterocycles. The van der Waals surface area contributed by atoms with Gasteiger partial charge in [-0.2, -0.15) is 0 Å². The molecule has 2 N–H and O–H groups in total. The smallest absolute Gasteiger partial charge is 0.132 e. The molecule has 0 radical (unpaired) electrons. The van der Waals surface area contributed by atoms with E-state index in [-0.39, 0.29) is 0 Å². The third-order valence-corrected chi connectivity index (χ3v) is 3.69. The summed E-state index contributed by atoms with van der Waals surface area (Å²) in [7, 11) is 3.39. The second-order valence-electron chi connectivity index (χ2n) is 3.90. The number of ether oxygens (including phenoxy) is 2. The number of benzene rings is 1. The van der Waals surface area contributed by atoms with Gasteiger partial charge < -0.3 is 15.2 Å². The fourth-order valence-corrected chi connectivity index (χ4v) is 2.85. The van der Waals surface area contributed by atoms with E-state index in [1.54, 1.807) is 26.0 Å². The maximum absolute atomic E-state index is 5.64. The summed E-state index contributed by atoms with van der Waals surface area (Å²) in [4.78, 5) is 1.15. The van der Waals surface area contributed by atoms with Crippen LogP contribution in [-0.2, 0) is 0 Å². The average molecular weight is 255 g/mol. The van der Waals surface area contributed by atoms with Crippen LogP contribution >= 0.6 is 11.8 Å². The van der Waals surface area contributed by atoms with Crippen LogP contribution in [0.1, 0.15) is 24.8 Å². The first-order valence-corrected chi connectivity index (χ1v) is 6.91. The maximum atomic E-state index is 5.64. The summed E-state index contributed by atoms with van der Waals surface area (Å²) in [6, 6.07) is 3.91. The molecule has 17 heavy (non-hydrogen) atoms. The lowest BCUT2D eigenvalue weighted by Crippen LogP contribution is -2.07. The molecule has 0 spiro atoms. The van der Waals surface area contributed by atoms with Gasteiger partial charge in [-0.3, -0.25) is 0 Å². The summed E-state index contributed by atoms with van der Waals surface area (Å²) in [5.41, 5.74) is 6.84. The predicted molar refractivity (Wildman–Crippen MR) is 73.4 cm³/mol. The highest BCUT2D eigenvalue weighted by molar-refractivity contribution is 7.98. The van der Waals surface area contributed by atoms with Crippen molar-refractivity contribution in [3.8, 4) is 11.5 Å². The Morgan fingerprint density at radius 3 is 2.29 bits per heavy atom. The van der Waals surface area contributed by atoms with Gasteiger partial charge in [-0.05, 0) is 37.3 Å². The van der Waals surface area contributed by atoms with Gasteiger partial charge in [0, 0.05) is 5.56 Å². The molecule has 3 nitrogen and oxygen atoms in total. The number of methoxy groups -OCH3 is 2. The molecule has 1 aromatic carbocycles. The van der Waals surface area contributed by atoms with Crippen molar-refractivity contribution in [2.45, 2.75) is 24.2 Å². The van der Waals surface area contributed by atoms with Crippen LogP contribution in [0, 0.1) is 0 Å². The third kappa shape index (κ3) is 3.07. The molecule has 4 heteroatoms. The van der Waals surface area contributed by atoms with Gasteiger partial charge in [-0.25, -0.2) is 0 Å². The molecule has 96 valence electrons. The largest absolute Gasteiger partial charge is 0.496 e. The minimum Gasteiger partial charge on any atom is -0.496 e. The second-order valence-corrected chi connectivity index (χ2v) is 4.71. The van der Waals surface area contributed by atoms with E-state index >= 15 is 0 Å². The molecule has 0 aliphatic rings. The van der Waals surface area contributed by atoms with Crippen LogP contribution in [0.25, 0.3) is 0 Å². The van der Waals surface area contributed by atoms with Crippen molar-refractivity contribution in [2.24, 2.45) is 5.73 Å². The minimum absolute atomic E-state index is 0.368. The summed E-state index contributed by atoms with van der Waals surface area (Å²) < 4.78 is 10.8. The van der Waals surface area contributed by atoms with Crippen LogP contribution in [0.15, 0.2) is 17.0 Å². The van der Waals surface area contributed by atoms with E-state index in [0.717, 1.165) is 22.8 Å². The third-order valence-electron chi connectivity index (χ3n) is 2.86. The molecule has 1 unspecified atom stereocenters. The zero-order valence-electron chi connectivity index (χ0n) is 10.9. The molecule has 0 fully saturated rings. The van der Waals surface area contributed by atoms with Crippen LogP contribution in [0.5, 0.6) is 11.5 Å². The Morgan fingerprint density at radius 1 is 1.24 bits per heavy atom.